The molecule has 0 aliphatic carbocycles. The zero-order valence-corrected chi connectivity index (χ0v) is 13.7. The topological polar surface area (TPSA) is 55.0 Å². The third-order valence-electron chi connectivity index (χ3n) is 5.12. The summed E-state index contributed by atoms with van der Waals surface area (Å²) in [7, 11) is 0. The molecule has 1 aromatic carbocycles. The van der Waals surface area contributed by atoms with E-state index in [0.29, 0.717) is 23.1 Å². The highest BCUT2D eigenvalue weighted by Crippen LogP contribution is 2.49. The van der Waals surface area contributed by atoms with Crippen LogP contribution in [0.15, 0.2) is 29.1 Å². The quantitative estimate of drug-likeness (QED) is 0.814. The first-order valence-corrected chi connectivity index (χ1v) is 7.59. The maximum Gasteiger partial charge on any atom is 0.280 e. The van der Waals surface area contributed by atoms with Crippen LogP contribution < -0.4 is 10.6 Å². The molecule has 1 atom stereocenters. The lowest BCUT2D eigenvalue weighted by molar-refractivity contribution is -0.119. The molecule has 2 heterocycles. The molecule has 5 heteroatoms. The molecule has 0 saturated carbocycles. The van der Waals surface area contributed by atoms with Gasteiger partial charge in [0.2, 0.25) is 0 Å². The number of ketones is 1. The van der Waals surface area contributed by atoms with Gasteiger partial charge in [-0.25, -0.2) is 9.66 Å². The molecular weight excluding hydrogens is 278 g/mol. The van der Waals surface area contributed by atoms with Gasteiger partial charge in [-0.3, -0.25) is 14.6 Å². The van der Waals surface area contributed by atoms with Gasteiger partial charge in [-0.05, 0) is 39.8 Å². The summed E-state index contributed by atoms with van der Waals surface area (Å²) in [5.74, 6) is 0.737. The number of hydrogen-bond donors (Lipinski definition) is 0. The molecule has 1 saturated heterocycles. The molecule has 1 unspecified atom stereocenters. The van der Waals surface area contributed by atoms with Crippen LogP contribution in [0.1, 0.15) is 40.4 Å². The third-order valence-corrected chi connectivity index (χ3v) is 5.12. The first-order chi connectivity index (χ1) is 10.3. The second-order valence-corrected chi connectivity index (χ2v) is 6.51. The van der Waals surface area contributed by atoms with Gasteiger partial charge < -0.3 is 0 Å². The number of nitrogens with zero attached hydrogens (tertiary/aromatic N) is 3. The summed E-state index contributed by atoms with van der Waals surface area (Å²) in [5, 5.41) is 2.44. The smallest absolute Gasteiger partial charge is 0.280 e. The maximum atomic E-state index is 13.0. The molecule has 0 amide bonds. The van der Waals surface area contributed by atoms with Gasteiger partial charge in [0.15, 0.2) is 5.78 Å². The van der Waals surface area contributed by atoms with E-state index in [1.54, 1.807) is 17.7 Å². The van der Waals surface area contributed by atoms with Crippen molar-refractivity contribution < 1.29 is 4.79 Å². The number of aryl methyl sites for hydroxylation is 1. The number of hydrogen-bond acceptors (Lipinski definition) is 4. The average molecular weight is 299 g/mol. The summed E-state index contributed by atoms with van der Waals surface area (Å²) in [6.07, 6.45) is 0.626. The number of aromatic nitrogens is 2. The molecule has 2 aromatic rings. The first-order valence-electron chi connectivity index (χ1n) is 7.59. The molecule has 3 rings (SSSR count). The summed E-state index contributed by atoms with van der Waals surface area (Å²) < 4.78 is 1.60. The van der Waals surface area contributed by atoms with Crippen LogP contribution in [0.5, 0.6) is 0 Å². The van der Waals surface area contributed by atoms with Crippen molar-refractivity contribution in [1.29, 1.82) is 0 Å². The van der Waals surface area contributed by atoms with Crippen molar-refractivity contribution in [1.82, 2.24) is 9.66 Å². The third kappa shape index (κ3) is 1.62. The van der Waals surface area contributed by atoms with Crippen molar-refractivity contribution in [2.75, 3.05) is 5.01 Å². The van der Waals surface area contributed by atoms with E-state index >= 15 is 0 Å². The summed E-state index contributed by atoms with van der Waals surface area (Å²) in [6.45, 7) is 9.39. The number of carbonyl (C=O) groups is 1. The minimum absolute atomic E-state index is 0.0552. The van der Waals surface area contributed by atoms with Crippen LogP contribution >= 0.6 is 0 Å². The van der Waals surface area contributed by atoms with Crippen LogP contribution in [-0.2, 0) is 11.2 Å². The monoisotopic (exact) mass is 299 g/mol. The normalized spacial score (nSPS) is 22.9. The fourth-order valence-corrected chi connectivity index (χ4v) is 3.36. The van der Waals surface area contributed by atoms with E-state index in [1.165, 1.54) is 0 Å². The maximum absolute atomic E-state index is 13.0. The fourth-order valence-electron chi connectivity index (χ4n) is 3.36. The van der Waals surface area contributed by atoms with Gasteiger partial charge in [-0.15, -0.1) is 0 Å². The number of rotatable bonds is 3. The van der Waals surface area contributed by atoms with E-state index in [2.05, 4.69) is 4.98 Å². The van der Waals surface area contributed by atoms with Crippen molar-refractivity contribution in [2.45, 2.75) is 52.1 Å². The summed E-state index contributed by atoms with van der Waals surface area (Å²) in [5.41, 5.74) is -0.494. The molecule has 5 nitrogen and oxygen atoms in total. The Morgan fingerprint density at radius 1 is 1.23 bits per heavy atom. The Morgan fingerprint density at radius 3 is 2.41 bits per heavy atom. The Kier molecular flexibility index (Phi) is 2.96. The number of carbonyl (C=O) groups excluding carboxylic acids is 1. The Hall–Kier alpha value is -2.17. The molecule has 1 aliphatic heterocycles. The summed E-state index contributed by atoms with van der Waals surface area (Å²) >= 11 is 0. The van der Waals surface area contributed by atoms with E-state index in [-0.39, 0.29) is 11.3 Å². The predicted octanol–water partition coefficient (Wildman–Crippen LogP) is 2.04. The highest BCUT2D eigenvalue weighted by Gasteiger charge is 2.71. The molecule has 0 bridgehead atoms. The van der Waals surface area contributed by atoms with Crippen LogP contribution in [0.3, 0.4) is 0 Å². The summed E-state index contributed by atoms with van der Waals surface area (Å²) in [4.78, 5) is 29.7. The number of para-hydroxylation sites is 1. The van der Waals surface area contributed by atoms with Crippen LogP contribution in [0.4, 0.5) is 0 Å². The molecule has 0 N–H and O–H groups in total. The van der Waals surface area contributed by atoms with Crippen LogP contribution in [-0.4, -0.2) is 26.5 Å². The van der Waals surface area contributed by atoms with Crippen molar-refractivity contribution in [2.24, 2.45) is 0 Å². The lowest BCUT2D eigenvalue weighted by Gasteiger charge is -2.18. The van der Waals surface area contributed by atoms with Crippen LogP contribution in [0.25, 0.3) is 10.9 Å². The first kappa shape index (κ1) is 14.8. The van der Waals surface area contributed by atoms with Gasteiger partial charge in [-0.1, -0.05) is 19.1 Å². The molecule has 0 radical (unpaired) electrons. The Morgan fingerprint density at radius 2 is 1.86 bits per heavy atom. The molecule has 1 fully saturated rings. The standard InChI is InChI=1S/C17H21N3O2/c1-6-14-18-13-10-8-7-9-12(13)15(22)19(14)20-16(3,4)17(20,5)11(2)21/h7-10H,6H2,1-5H3. The molecule has 1 aromatic heterocycles. The molecule has 22 heavy (non-hydrogen) atoms. The van der Waals surface area contributed by atoms with Gasteiger partial charge >= 0.3 is 0 Å². The van der Waals surface area contributed by atoms with E-state index in [0.717, 1.165) is 0 Å². The predicted molar refractivity (Wildman–Crippen MR) is 86.8 cm³/mol. The Bertz CT molecular complexity index is 837. The van der Waals surface area contributed by atoms with Crippen molar-refractivity contribution in [3.05, 3.63) is 40.4 Å². The Balaban J connectivity index is 2.31. The fraction of sp³-hybridized carbons (Fsp3) is 0.471. The second kappa shape index (κ2) is 4.41. The van der Waals surface area contributed by atoms with E-state index in [9.17, 15) is 9.59 Å². The zero-order chi connectivity index (χ0) is 16.3. The average Bonchev–Trinajstić information content (AvgIpc) is 2.94. The highest BCUT2D eigenvalue weighted by atomic mass is 16.2. The van der Waals surface area contributed by atoms with Crippen LogP contribution in [0.2, 0.25) is 0 Å². The zero-order valence-electron chi connectivity index (χ0n) is 13.7. The SMILES string of the molecule is CCc1nc2ccccc2c(=O)n1N1C(C)(C)C1(C)C(C)=O. The summed E-state index contributed by atoms with van der Waals surface area (Å²) in [6, 6.07) is 7.33. The van der Waals surface area contributed by atoms with Gasteiger partial charge in [-0.2, -0.15) is 0 Å². The Labute approximate surface area is 129 Å². The van der Waals surface area contributed by atoms with Gasteiger partial charge in [0.1, 0.15) is 11.4 Å². The van der Waals surface area contributed by atoms with Crippen molar-refractivity contribution >= 4 is 16.7 Å². The lowest BCUT2D eigenvalue weighted by Crippen LogP contribution is -2.39. The van der Waals surface area contributed by atoms with E-state index in [4.69, 9.17) is 0 Å². The highest BCUT2D eigenvalue weighted by molar-refractivity contribution is 5.95. The molecule has 0 spiro atoms. The van der Waals surface area contributed by atoms with Gasteiger partial charge in [0, 0.05) is 6.42 Å². The number of Topliss-reactive ketones (excluding diaryl/α,β-unsaturated/α-hetero) is 1. The molecule has 116 valence electrons. The number of fused-ring (bicyclic) bond motifs is 1. The largest absolute Gasteiger partial charge is 0.297 e. The van der Waals surface area contributed by atoms with E-state index in [1.807, 2.05) is 50.9 Å². The lowest BCUT2D eigenvalue weighted by atomic mass is 9.95. The number of benzene rings is 1. The minimum Gasteiger partial charge on any atom is -0.297 e. The van der Waals surface area contributed by atoms with Crippen molar-refractivity contribution in [3.63, 3.8) is 0 Å². The molecular formula is C17H21N3O2. The van der Waals surface area contributed by atoms with Crippen molar-refractivity contribution in [3.8, 4) is 0 Å². The van der Waals surface area contributed by atoms with Gasteiger partial charge in [0.25, 0.3) is 5.56 Å². The minimum atomic E-state index is -0.676. The van der Waals surface area contributed by atoms with Crippen LogP contribution in [0, 0.1) is 0 Å². The molecule has 1 aliphatic rings. The second-order valence-electron chi connectivity index (χ2n) is 6.51. The van der Waals surface area contributed by atoms with Gasteiger partial charge in [0.05, 0.1) is 16.4 Å². The van der Waals surface area contributed by atoms with E-state index < -0.39 is 11.1 Å².